The number of amides is 2. The van der Waals surface area contributed by atoms with E-state index < -0.39 is 28.5 Å². The van der Waals surface area contributed by atoms with Gasteiger partial charge in [0.2, 0.25) is 11.8 Å². The number of sulfonamides is 1. The Kier molecular flexibility index (Phi) is 11.0. The van der Waals surface area contributed by atoms with Crippen molar-refractivity contribution in [1.29, 1.82) is 0 Å². The predicted octanol–water partition coefficient (Wildman–Crippen LogP) is 6.35. The summed E-state index contributed by atoms with van der Waals surface area (Å²) in [5.74, 6) is -0.796. The molecule has 44 heavy (non-hydrogen) atoms. The highest BCUT2D eigenvalue weighted by atomic mass is 79.9. The predicted molar refractivity (Wildman–Crippen MR) is 179 cm³/mol. The average molecular weight is 677 g/mol. The maximum Gasteiger partial charge on any atom is 0.264 e. The summed E-state index contributed by atoms with van der Waals surface area (Å²) >= 11 is 3.46. The lowest BCUT2D eigenvalue weighted by Crippen LogP contribution is -2.53. The lowest BCUT2D eigenvalue weighted by molar-refractivity contribution is -0.140. The SMILES string of the molecule is CCNC(=O)C(Cc1ccccc1)N(Cc1ccc(Br)cc1)C(=O)CN(c1ccc(C)c(C)c1)S(=O)(=O)c1ccc(C)cc1. The molecule has 1 atom stereocenters. The second kappa shape index (κ2) is 14.7. The summed E-state index contributed by atoms with van der Waals surface area (Å²) in [5, 5.41) is 2.88. The van der Waals surface area contributed by atoms with Crippen LogP contribution in [0, 0.1) is 20.8 Å². The van der Waals surface area contributed by atoms with E-state index in [1.54, 1.807) is 36.4 Å². The van der Waals surface area contributed by atoms with Crippen LogP contribution in [0.3, 0.4) is 0 Å². The fourth-order valence-electron chi connectivity index (χ4n) is 4.88. The Balaban J connectivity index is 1.81. The van der Waals surface area contributed by atoms with E-state index in [1.165, 1.54) is 4.90 Å². The van der Waals surface area contributed by atoms with Gasteiger partial charge < -0.3 is 10.2 Å². The van der Waals surface area contributed by atoms with E-state index in [1.807, 2.05) is 88.4 Å². The van der Waals surface area contributed by atoms with Gasteiger partial charge in [0.05, 0.1) is 10.6 Å². The maximum absolute atomic E-state index is 14.5. The van der Waals surface area contributed by atoms with Crippen molar-refractivity contribution in [3.63, 3.8) is 0 Å². The molecule has 0 aliphatic heterocycles. The molecule has 0 aromatic heterocycles. The molecule has 0 radical (unpaired) electrons. The van der Waals surface area contributed by atoms with Crippen molar-refractivity contribution >= 4 is 43.5 Å². The molecule has 0 bridgehead atoms. The third kappa shape index (κ3) is 8.15. The first-order chi connectivity index (χ1) is 21.0. The minimum absolute atomic E-state index is 0.0816. The van der Waals surface area contributed by atoms with Crippen LogP contribution in [0.1, 0.15) is 34.7 Å². The van der Waals surface area contributed by atoms with Crippen LogP contribution in [0.5, 0.6) is 0 Å². The molecule has 1 N–H and O–H groups in total. The van der Waals surface area contributed by atoms with Crippen LogP contribution in [0.4, 0.5) is 5.69 Å². The highest BCUT2D eigenvalue weighted by Gasteiger charge is 2.34. The molecule has 0 saturated heterocycles. The van der Waals surface area contributed by atoms with Gasteiger partial charge in [0.15, 0.2) is 0 Å². The first kappa shape index (κ1) is 33.0. The first-order valence-corrected chi connectivity index (χ1v) is 16.7. The zero-order valence-electron chi connectivity index (χ0n) is 25.5. The van der Waals surface area contributed by atoms with Crippen molar-refractivity contribution in [3.8, 4) is 0 Å². The molecule has 4 aromatic carbocycles. The number of hydrogen-bond donors (Lipinski definition) is 1. The Labute approximate surface area is 269 Å². The van der Waals surface area contributed by atoms with Gasteiger partial charge in [-0.3, -0.25) is 13.9 Å². The minimum Gasteiger partial charge on any atom is -0.355 e. The standard InChI is InChI=1S/C35H38BrN3O4S/c1-5-37-35(41)33(22-28-9-7-6-8-10-28)38(23-29-14-16-30(36)17-15-29)34(40)24-39(31-18-13-26(3)27(4)21-31)44(42,43)32-19-11-25(2)12-20-32/h6-21,33H,5,22-24H2,1-4H3,(H,37,41). The monoisotopic (exact) mass is 675 g/mol. The lowest BCUT2D eigenvalue weighted by Gasteiger charge is -2.34. The van der Waals surface area contributed by atoms with Gasteiger partial charge in [-0.25, -0.2) is 8.42 Å². The van der Waals surface area contributed by atoms with Crippen molar-refractivity contribution < 1.29 is 18.0 Å². The Morgan fingerprint density at radius 2 is 1.48 bits per heavy atom. The number of carbonyl (C=O) groups is 2. The molecule has 0 spiro atoms. The molecular weight excluding hydrogens is 638 g/mol. The molecule has 2 amide bonds. The van der Waals surface area contributed by atoms with E-state index in [9.17, 15) is 18.0 Å². The van der Waals surface area contributed by atoms with E-state index >= 15 is 0 Å². The summed E-state index contributed by atoms with van der Waals surface area (Å²) in [6.45, 7) is 7.59. The summed E-state index contributed by atoms with van der Waals surface area (Å²) in [6.07, 6.45) is 0.267. The first-order valence-electron chi connectivity index (χ1n) is 14.5. The quantitative estimate of drug-likeness (QED) is 0.190. The summed E-state index contributed by atoms with van der Waals surface area (Å²) in [7, 11) is -4.14. The molecule has 230 valence electrons. The summed E-state index contributed by atoms with van der Waals surface area (Å²) in [5.41, 5.74) is 4.89. The van der Waals surface area contributed by atoms with Gasteiger partial charge in [-0.1, -0.05) is 82.2 Å². The Morgan fingerprint density at radius 1 is 0.818 bits per heavy atom. The molecule has 4 aromatic rings. The van der Waals surface area contributed by atoms with Crippen LogP contribution in [-0.2, 0) is 32.6 Å². The van der Waals surface area contributed by atoms with Crippen molar-refractivity contribution in [1.82, 2.24) is 10.2 Å². The molecule has 7 nitrogen and oxygen atoms in total. The molecule has 0 aliphatic rings. The summed E-state index contributed by atoms with van der Waals surface area (Å²) < 4.78 is 30.4. The third-order valence-electron chi connectivity index (χ3n) is 7.55. The number of nitrogens with one attached hydrogen (secondary N) is 1. The van der Waals surface area contributed by atoms with Gasteiger partial charge >= 0.3 is 0 Å². The van der Waals surface area contributed by atoms with Gasteiger partial charge in [-0.2, -0.15) is 0 Å². The number of likely N-dealkylation sites (N-methyl/N-ethyl adjacent to an activating group) is 1. The number of anilines is 1. The smallest absolute Gasteiger partial charge is 0.264 e. The van der Waals surface area contributed by atoms with E-state index in [2.05, 4.69) is 21.2 Å². The second-order valence-corrected chi connectivity index (χ2v) is 13.6. The number of rotatable bonds is 12. The number of aryl methyl sites for hydroxylation is 3. The maximum atomic E-state index is 14.5. The van der Waals surface area contributed by atoms with E-state index in [4.69, 9.17) is 0 Å². The second-order valence-electron chi connectivity index (χ2n) is 10.8. The fraction of sp³-hybridized carbons (Fsp3) is 0.257. The molecular formula is C35H38BrN3O4S. The van der Waals surface area contributed by atoms with Crippen LogP contribution < -0.4 is 9.62 Å². The number of carbonyl (C=O) groups excluding carboxylic acids is 2. The number of nitrogens with zero attached hydrogens (tertiary/aromatic N) is 2. The number of hydrogen-bond acceptors (Lipinski definition) is 4. The van der Waals surface area contributed by atoms with Crippen molar-refractivity contribution in [2.75, 3.05) is 17.4 Å². The molecule has 4 rings (SSSR count). The Hall–Kier alpha value is -3.95. The van der Waals surface area contributed by atoms with Crippen LogP contribution >= 0.6 is 15.9 Å². The largest absolute Gasteiger partial charge is 0.355 e. The molecule has 0 saturated carbocycles. The molecule has 0 heterocycles. The highest BCUT2D eigenvalue weighted by molar-refractivity contribution is 9.10. The van der Waals surface area contributed by atoms with Gasteiger partial charge in [-0.05, 0) is 86.3 Å². The molecule has 0 fully saturated rings. The normalized spacial score (nSPS) is 11.9. The number of benzene rings is 4. The zero-order chi connectivity index (χ0) is 31.9. The Morgan fingerprint density at radius 3 is 2.09 bits per heavy atom. The minimum atomic E-state index is -4.14. The van der Waals surface area contributed by atoms with E-state index in [0.29, 0.717) is 12.2 Å². The van der Waals surface area contributed by atoms with E-state index in [-0.39, 0.29) is 23.8 Å². The fourth-order valence-corrected chi connectivity index (χ4v) is 6.55. The molecule has 9 heteroatoms. The van der Waals surface area contributed by atoms with Crippen LogP contribution in [0.25, 0.3) is 0 Å². The van der Waals surface area contributed by atoms with Gasteiger partial charge in [-0.15, -0.1) is 0 Å². The molecule has 1 unspecified atom stereocenters. The van der Waals surface area contributed by atoms with E-state index in [0.717, 1.165) is 36.6 Å². The zero-order valence-corrected chi connectivity index (χ0v) is 27.9. The highest BCUT2D eigenvalue weighted by Crippen LogP contribution is 2.27. The summed E-state index contributed by atoms with van der Waals surface area (Å²) in [4.78, 5) is 29.6. The average Bonchev–Trinajstić information content (AvgIpc) is 3.00. The topological polar surface area (TPSA) is 86.8 Å². The third-order valence-corrected chi connectivity index (χ3v) is 9.87. The van der Waals surface area contributed by atoms with Crippen molar-refractivity contribution in [2.45, 2.75) is 51.6 Å². The van der Waals surface area contributed by atoms with Crippen molar-refractivity contribution in [3.05, 3.63) is 129 Å². The molecule has 0 aliphatic carbocycles. The van der Waals surface area contributed by atoms with Crippen LogP contribution in [0.2, 0.25) is 0 Å². The van der Waals surface area contributed by atoms with Crippen LogP contribution in [0.15, 0.2) is 106 Å². The van der Waals surface area contributed by atoms with Crippen LogP contribution in [-0.4, -0.2) is 44.3 Å². The Bertz CT molecular complexity index is 1690. The van der Waals surface area contributed by atoms with Gasteiger partial charge in [0.1, 0.15) is 12.6 Å². The summed E-state index contributed by atoms with van der Waals surface area (Å²) in [6, 6.07) is 28.0. The van der Waals surface area contributed by atoms with Crippen molar-refractivity contribution in [2.24, 2.45) is 0 Å². The number of halogens is 1. The lowest BCUT2D eigenvalue weighted by atomic mass is 10.0. The van der Waals surface area contributed by atoms with Gasteiger partial charge in [0, 0.05) is 24.0 Å². The van der Waals surface area contributed by atoms with Gasteiger partial charge in [0.25, 0.3) is 10.0 Å².